The van der Waals surface area contributed by atoms with Gasteiger partial charge in [0.05, 0.1) is 22.8 Å². The molecule has 1 saturated heterocycles. The molecule has 0 aliphatic carbocycles. The lowest BCUT2D eigenvalue weighted by Gasteiger charge is -2.33. The van der Waals surface area contributed by atoms with E-state index in [4.69, 9.17) is 4.98 Å². The molecule has 1 amide bonds. The fraction of sp³-hybridized carbons (Fsp3) is 0.290. The van der Waals surface area contributed by atoms with Crippen molar-refractivity contribution in [2.24, 2.45) is 0 Å². The molecular weight excluding hydrogens is 444 g/mol. The summed E-state index contributed by atoms with van der Waals surface area (Å²) in [5.74, 6) is -0.0365. The van der Waals surface area contributed by atoms with Gasteiger partial charge in [0.1, 0.15) is 0 Å². The number of pyridine rings is 1. The summed E-state index contributed by atoms with van der Waals surface area (Å²) in [7, 11) is 2.16. The molecule has 1 N–H and O–H groups in total. The number of hydrogen-bond donors (Lipinski definition) is 1. The predicted octanol–water partition coefficient (Wildman–Crippen LogP) is 5.53. The SMILES string of the molecule is CCC(NC(=O)c1c(CN2CCN(C)CC2)c(-c2ccccc2)nc2ccccc12)c1ccccc1. The second-order valence-corrected chi connectivity index (χ2v) is 9.62. The number of piperazine rings is 1. The summed E-state index contributed by atoms with van der Waals surface area (Å²) in [5.41, 5.74) is 5.65. The fourth-order valence-electron chi connectivity index (χ4n) is 5.07. The Labute approximate surface area is 213 Å². The number of likely N-dealkylation sites (N-methyl/N-ethyl adjacent to an activating group) is 1. The molecule has 1 fully saturated rings. The van der Waals surface area contributed by atoms with Crippen molar-refractivity contribution < 1.29 is 4.79 Å². The third-order valence-corrected chi connectivity index (χ3v) is 7.16. The topological polar surface area (TPSA) is 48.5 Å². The molecule has 36 heavy (non-hydrogen) atoms. The summed E-state index contributed by atoms with van der Waals surface area (Å²) in [4.78, 5) is 24.0. The normalized spacial score (nSPS) is 15.6. The maximum Gasteiger partial charge on any atom is 0.252 e. The average Bonchev–Trinajstić information content (AvgIpc) is 2.93. The van der Waals surface area contributed by atoms with E-state index in [1.54, 1.807) is 0 Å². The molecule has 5 nitrogen and oxygen atoms in total. The number of fused-ring (bicyclic) bond motifs is 1. The quantitative estimate of drug-likeness (QED) is 0.379. The highest BCUT2D eigenvalue weighted by atomic mass is 16.1. The molecule has 1 atom stereocenters. The summed E-state index contributed by atoms with van der Waals surface area (Å²) in [6, 6.07) is 28.5. The van der Waals surface area contributed by atoms with Gasteiger partial charge in [-0.1, -0.05) is 85.8 Å². The number of para-hydroxylation sites is 1. The number of nitrogens with zero attached hydrogens (tertiary/aromatic N) is 3. The van der Waals surface area contributed by atoms with Crippen LogP contribution >= 0.6 is 0 Å². The standard InChI is InChI=1S/C31H34N4O/c1-3-27(23-12-6-4-7-13-23)33-31(36)29-25-16-10-11-17-28(25)32-30(24-14-8-5-9-15-24)26(29)22-35-20-18-34(2)19-21-35/h4-17,27H,3,18-22H2,1-2H3,(H,33,36). The molecule has 1 aliphatic rings. The van der Waals surface area contributed by atoms with Gasteiger partial charge in [-0.05, 0) is 25.1 Å². The zero-order valence-corrected chi connectivity index (χ0v) is 21.2. The highest BCUT2D eigenvalue weighted by Gasteiger charge is 2.26. The third kappa shape index (κ3) is 5.18. The maximum absolute atomic E-state index is 14.1. The molecule has 0 radical (unpaired) electrons. The van der Waals surface area contributed by atoms with Gasteiger partial charge < -0.3 is 10.2 Å². The Bertz CT molecular complexity index is 1310. The number of rotatable bonds is 7. The average molecular weight is 479 g/mol. The van der Waals surface area contributed by atoms with E-state index >= 15 is 0 Å². The first kappa shape index (κ1) is 24.2. The largest absolute Gasteiger partial charge is 0.345 e. The number of benzene rings is 3. The number of hydrogen-bond acceptors (Lipinski definition) is 4. The second kappa shape index (κ2) is 11.0. The van der Waals surface area contributed by atoms with E-state index in [0.717, 1.165) is 71.5 Å². The number of aromatic nitrogens is 1. The monoisotopic (exact) mass is 478 g/mol. The van der Waals surface area contributed by atoms with Crippen LogP contribution in [0.15, 0.2) is 84.9 Å². The van der Waals surface area contributed by atoms with Crippen molar-refractivity contribution in [3.63, 3.8) is 0 Å². The van der Waals surface area contributed by atoms with Gasteiger partial charge in [-0.15, -0.1) is 0 Å². The predicted molar refractivity (Wildman–Crippen MR) is 147 cm³/mol. The van der Waals surface area contributed by atoms with E-state index in [0.29, 0.717) is 6.54 Å². The Morgan fingerprint density at radius 3 is 2.22 bits per heavy atom. The van der Waals surface area contributed by atoms with E-state index in [2.05, 4.69) is 53.4 Å². The molecule has 3 aromatic carbocycles. The third-order valence-electron chi connectivity index (χ3n) is 7.16. The van der Waals surface area contributed by atoms with Crippen LogP contribution < -0.4 is 5.32 Å². The van der Waals surface area contributed by atoms with Gasteiger partial charge in [-0.25, -0.2) is 4.98 Å². The molecular formula is C31H34N4O. The molecule has 5 heteroatoms. The van der Waals surface area contributed by atoms with Gasteiger partial charge in [-0.3, -0.25) is 9.69 Å². The van der Waals surface area contributed by atoms with Crippen molar-refractivity contribution in [3.8, 4) is 11.3 Å². The minimum atomic E-state index is -0.0534. The first-order chi connectivity index (χ1) is 17.6. The molecule has 184 valence electrons. The zero-order valence-electron chi connectivity index (χ0n) is 21.2. The van der Waals surface area contributed by atoms with Gasteiger partial charge in [0, 0.05) is 49.2 Å². The van der Waals surface area contributed by atoms with Crippen LogP contribution in [0.3, 0.4) is 0 Å². The van der Waals surface area contributed by atoms with E-state index in [-0.39, 0.29) is 11.9 Å². The Kier molecular flexibility index (Phi) is 7.40. The number of carbonyl (C=O) groups is 1. The molecule has 1 unspecified atom stereocenters. The molecule has 2 heterocycles. The molecule has 1 aliphatic heterocycles. The Hall–Kier alpha value is -3.54. The van der Waals surface area contributed by atoms with Crippen LogP contribution in [0.25, 0.3) is 22.2 Å². The second-order valence-electron chi connectivity index (χ2n) is 9.62. The molecule has 5 rings (SSSR count). The number of nitrogens with one attached hydrogen (secondary N) is 1. The van der Waals surface area contributed by atoms with Crippen molar-refractivity contribution in [3.05, 3.63) is 102 Å². The summed E-state index contributed by atoms with van der Waals surface area (Å²) >= 11 is 0. The van der Waals surface area contributed by atoms with E-state index in [1.165, 1.54) is 0 Å². The summed E-state index contributed by atoms with van der Waals surface area (Å²) in [5, 5.41) is 4.27. The van der Waals surface area contributed by atoms with Crippen LogP contribution in [0.5, 0.6) is 0 Å². The van der Waals surface area contributed by atoms with Gasteiger partial charge >= 0.3 is 0 Å². The number of carbonyl (C=O) groups excluding carboxylic acids is 1. The lowest BCUT2D eigenvalue weighted by Crippen LogP contribution is -2.44. The molecule has 4 aromatic rings. The van der Waals surface area contributed by atoms with Gasteiger partial charge in [0.2, 0.25) is 0 Å². The number of amides is 1. The summed E-state index contributed by atoms with van der Waals surface area (Å²) in [6.45, 7) is 6.80. The van der Waals surface area contributed by atoms with E-state index in [9.17, 15) is 4.79 Å². The van der Waals surface area contributed by atoms with Crippen LogP contribution in [0.4, 0.5) is 0 Å². The van der Waals surface area contributed by atoms with Crippen LogP contribution in [-0.4, -0.2) is 53.9 Å². The minimum Gasteiger partial charge on any atom is -0.345 e. The highest BCUT2D eigenvalue weighted by molar-refractivity contribution is 6.09. The lowest BCUT2D eigenvalue weighted by atomic mass is 9.94. The Morgan fingerprint density at radius 2 is 1.53 bits per heavy atom. The Balaban J connectivity index is 1.63. The fourth-order valence-corrected chi connectivity index (χ4v) is 5.07. The van der Waals surface area contributed by atoms with Gasteiger partial charge in [-0.2, -0.15) is 0 Å². The Morgan fingerprint density at radius 1 is 0.889 bits per heavy atom. The molecule has 1 aromatic heterocycles. The lowest BCUT2D eigenvalue weighted by molar-refractivity contribution is 0.0933. The van der Waals surface area contributed by atoms with E-state index < -0.39 is 0 Å². The smallest absolute Gasteiger partial charge is 0.252 e. The van der Waals surface area contributed by atoms with Crippen molar-refractivity contribution in [1.29, 1.82) is 0 Å². The van der Waals surface area contributed by atoms with Crippen molar-refractivity contribution in [1.82, 2.24) is 20.1 Å². The first-order valence-electron chi connectivity index (χ1n) is 12.9. The zero-order chi connectivity index (χ0) is 24.9. The van der Waals surface area contributed by atoms with Crippen molar-refractivity contribution in [2.45, 2.75) is 25.9 Å². The first-order valence-corrected chi connectivity index (χ1v) is 12.9. The molecule has 0 saturated carbocycles. The maximum atomic E-state index is 14.1. The van der Waals surface area contributed by atoms with Crippen LogP contribution in [0.2, 0.25) is 0 Å². The summed E-state index contributed by atoms with van der Waals surface area (Å²) in [6.07, 6.45) is 0.818. The van der Waals surface area contributed by atoms with E-state index in [1.807, 2.05) is 60.7 Å². The van der Waals surface area contributed by atoms with Crippen molar-refractivity contribution >= 4 is 16.8 Å². The van der Waals surface area contributed by atoms with Crippen LogP contribution in [0.1, 0.15) is 40.9 Å². The highest BCUT2D eigenvalue weighted by Crippen LogP contribution is 2.32. The summed E-state index contributed by atoms with van der Waals surface area (Å²) < 4.78 is 0. The van der Waals surface area contributed by atoms with Crippen LogP contribution in [-0.2, 0) is 6.54 Å². The van der Waals surface area contributed by atoms with Crippen LogP contribution in [0, 0.1) is 0 Å². The van der Waals surface area contributed by atoms with Gasteiger partial charge in [0.15, 0.2) is 0 Å². The molecule has 0 spiro atoms. The minimum absolute atomic E-state index is 0.0365. The van der Waals surface area contributed by atoms with Crippen molar-refractivity contribution in [2.75, 3.05) is 33.2 Å². The van der Waals surface area contributed by atoms with Gasteiger partial charge in [0.25, 0.3) is 5.91 Å². The molecule has 0 bridgehead atoms.